The minimum absolute atomic E-state index is 0.0822. The Morgan fingerprint density at radius 1 is 1.21 bits per heavy atom. The van der Waals surface area contributed by atoms with E-state index in [0.717, 1.165) is 23.5 Å². The van der Waals surface area contributed by atoms with E-state index in [1.165, 1.54) is 42.8 Å². The van der Waals surface area contributed by atoms with Gasteiger partial charge >= 0.3 is 12.3 Å². The summed E-state index contributed by atoms with van der Waals surface area (Å²) in [4.78, 5) is 14.8. The van der Waals surface area contributed by atoms with Gasteiger partial charge in [-0.1, -0.05) is 18.1 Å². The molecule has 0 aliphatic carbocycles. The lowest BCUT2D eigenvalue weighted by atomic mass is 10.1. The summed E-state index contributed by atoms with van der Waals surface area (Å²) in [6.45, 7) is 0. The van der Waals surface area contributed by atoms with Gasteiger partial charge in [-0.05, 0) is 41.8 Å². The van der Waals surface area contributed by atoms with E-state index in [2.05, 4.69) is 26.3 Å². The van der Waals surface area contributed by atoms with Crippen LogP contribution in [0.2, 0.25) is 0 Å². The predicted molar refractivity (Wildman–Crippen MR) is 116 cm³/mol. The molecule has 0 saturated carbocycles. The van der Waals surface area contributed by atoms with Gasteiger partial charge in [0, 0.05) is 10.9 Å². The Hall–Kier alpha value is -3.76. The van der Waals surface area contributed by atoms with Gasteiger partial charge in [0.25, 0.3) is 10.0 Å². The zero-order valence-corrected chi connectivity index (χ0v) is 18.8. The summed E-state index contributed by atoms with van der Waals surface area (Å²) >= 11 is 0.928. The third-order valence-corrected chi connectivity index (χ3v) is 6.16. The number of rotatable bonds is 7. The normalized spacial score (nSPS) is 11.3. The summed E-state index contributed by atoms with van der Waals surface area (Å²) in [5.41, 5.74) is 0.715. The van der Waals surface area contributed by atoms with Gasteiger partial charge in [-0.3, -0.25) is 9.52 Å². The number of aliphatic carboxylic acids is 1. The maximum atomic E-state index is 12.7. The van der Waals surface area contributed by atoms with E-state index in [4.69, 9.17) is 9.84 Å². The molecule has 0 aliphatic heterocycles. The first-order valence-corrected chi connectivity index (χ1v) is 11.6. The van der Waals surface area contributed by atoms with Gasteiger partial charge in [0.05, 0.1) is 19.2 Å². The topological polar surface area (TPSA) is 115 Å². The molecule has 2 aromatic carbocycles. The second kappa shape index (κ2) is 10.0. The van der Waals surface area contributed by atoms with Crippen molar-refractivity contribution in [3.8, 4) is 23.3 Å². The number of ether oxygens (including phenoxy) is 2. The molecule has 1 aromatic heterocycles. The minimum atomic E-state index is -4.84. The zero-order chi connectivity index (χ0) is 24.9. The first kappa shape index (κ1) is 24.9. The minimum Gasteiger partial charge on any atom is -0.495 e. The Morgan fingerprint density at radius 2 is 1.97 bits per heavy atom. The highest BCUT2D eigenvalue weighted by molar-refractivity contribution is 7.92. The molecule has 2 N–H and O–H groups in total. The number of carbonyl (C=O) groups is 1. The Kier molecular flexibility index (Phi) is 7.33. The number of methoxy groups -OCH3 is 1. The molecule has 0 fully saturated rings. The fraction of sp³-hybridized carbons (Fsp3) is 0.143. The first-order chi connectivity index (χ1) is 15.9. The van der Waals surface area contributed by atoms with Gasteiger partial charge in [0.1, 0.15) is 11.5 Å². The Morgan fingerprint density at radius 3 is 2.65 bits per heavy atom. The zero-order valence-electron chi connectivity index (χ0n) is 17.2. The molecule has 0 radical (unpaired) electrons. The molecule has 3 rings (SSSR count). The van der Waals surface area contributed by atoms with Gasteiger partial charge in [0.15, 0.2) is 10.0 Å². The molecule has 8 nitrogen and oxygen atoms in total. The maximum Gasteiger partial charge on any atom is 0.573 e. The molecule has 34 heavy (non-hydrogen) atoms. The van der Waals surface area contributed by atoms with Gasteiger partial charge in [0.2, 0.25) is 0 Å². The molecule has 0 saturated heterocycles. The van der Waals surface area contributed by atoms with E-state index in [0.29, 0.717) is 5.56 Å². The first-order valence-electron chi connectivity index (χ1n) is 9.20. The van der Waals surface area contributed by atoms with Crippen LogP contribution in [0.5, 0.6) is 11.5 Å². The van der Waals surface area contributed by atoms with E-state index in [9.17, 15) is 26.4 Å². The van der Waals surface area contributed by atoms with Gasteiger partial charge < -0.3 is 14.6 Å². The number of sulfonamides is 1. The fourth-order valence-electron chi connectivity index (χ4n) is 2.64. The van der Waals surface area contributed by atoms with Crippen LogP contribution in [-0.2, 0) is 21.2 Å². The van der Waals surface area contributed by atoms with Crippen LogP contribution in [-0.4, -0.2) is 37.9 Å². The Labute approximate surface area is 196 Å². The number of benzene rings is 2. The molecule has 0 amide bonds. The second-order valence-corrected chi connectivity index (χ2v) is 9.01. The number of nitrogens with one attached hydrogen (secondary N) is 1. The van der Waals surface area contributed by atoms with Gasteiger partial charge in [-0.15, -0.1) is 24.5 Å². The summed E-state index contributed by atoms with van der Waals surface area (Å²) < 4.78 is 73.8. The van der Waals surface area contributed by atoms with Crippen LogP contribution in [0, 0.1) is 11.8 Å². The Balaban J connectivity index is 1.78. The Bertz CT molecular complexity index is 1370. The van der Waals surface area contributed by atoms with Crippen LogP contribution in [0.25, 0.3) is 0 Å². The molecule has 0 unspecified atom stereocenters. The van der Waals surface area contributed by atoms with Crippen molar-refractivity contribution >= 4 is 33.0 Å². The van der Waals surface area contributed by atoms with Gasteiger partial charge in [-0.25, -0.2) is 4.98 Å². The number of aromatic nitrogens is 1. The molecule has 0 atom stereocenters. The molecule has 0 spiro atoms. The molecular formula is C21H15F3N2O6S2. The number of anilines is 1. The van der Waals surface area contributed by atoms with E-state index >= 15 is 0 Å². The van der Waals surface area contributed by atoms with Crippen LogP contribution in [0.15, 0.2) is 52.9 Å². The molecule has 0 aliphatic rings. The average molecular weight is 512 g/mol. The number of thiazole rings is 1. The van der Waals surface area contributed by atoms with Crippen molar-refractivity contribution in [2.45, 2.75) is 17.8 Å². The number of carboxylic acid groups (broad SMARTS) is 1. The van der Waals surface area contributed by atoms with Crippen molar-refractivity contribution in [3.63, 3.8) is 0 Å². The lowest BCUT2D eigenvalue weighted by Gasteiger charge is -2.11. The van der Waals surface area contributed by atoms with E-state index in [1.807, 2.05) is 0 Å². The molecule has 1 heterocycles. The smallest absolute Gasteiger partial charge is 0.495 e. The summed E-state index contributed by atoms with van der Waals surface area (Å²) in [7, 11) is -2.82. The van der Waals surface area contributed by atoms with Crippen molar-refractivity contribution < 1.29 is 41.0 Å². The number of hydrogen-bond donors (Lipinski definition) is 2. The van der Waals surface area contributed by atoms with Crippen molar-refractivity contribution in [2.24, 2.45) is 0 Å². The van der Waals surface area contributed by atoms with Crippen molar-refractivity contribution in [2.75, 3.05) is 11.8 Å². The molecule has 178 valence electrons. The quantitative estimate of drug-likeness (QED) is 0.462. The van der Waals surface area contributed by atoms with Crippen LogP contribution < -0.4 is 14.2 Å². The molecule has 13 heteroatoms. The van der Waals surface area contributed by atoms with E-state index < -0.39 is 28.1 Å². The van der Waals surface area contributed by atoms with E-state index in [-0.39, 0.29) is 33.5 Å². The highest BCUT2D eigenvalue weighted by atomic mass is 32.2. The number of hydrogen-bond acceptors (Lipinski definition) is 7. The largest absolute Gasteiger partial charge is 0.573 e. The SMILES string of the molecule is COc1cc(CC(=O)O)ccc1NS(=O)(=O)c1csc(C#Cc2cccc(OC(F)(F)F)c2)n1. The summed E-state index contributed by atoms with van der Waals surface area (Å²) in [5.74, 6) is 3.85. The third-order valence-electron chi connectivity index (χ3n) is 4.01. The highest BCUT2D eigenvalue weighted by Crippen LogP contribution is 2.29. The average Bonchev–Trinajstić information content (AvgIpc) is 3.22. The van der Waals surface area contributed by atoms with Crippen LogP contribution in [0.3, 0.4) is 0 Å². The lowest BCUT2D eigenvalue weighted by Crippen LogP contribution is -2.17. The maximum absolute atomic E-state index is 12.7. The number of carboxylic acids is 1. The predicted octanol–water partition coefficient (Wildman–Crippen LogP) is 3.88. The van der Waals surface area contributed by atoms with Gasteiger partial charge in [-0.2, -0.15) is 8.42 Å². The van der Waals surface area contributed by atoms with Crippen molar-refractivity contribution in [1.82, 2.24) is 4.98 Å². The van der Waals surface area contributed by atoms with Crippen LogP contribution in [0.4, 0.5) is 18.9 Å². The second-order valence-electron chi connectivity index (χ2n) is 6.53. The monoisotopic (exact) mass is 512 g/mol. The summed E-state index contributed by atoms with van der Waals surface area (Å²) in [6, 6.07) is 9.24. The molecular weight excluding hydrogens is 497 g/mol. The summed E-state index contributed by atoms with van der Waals surface area (Å²) in [5, 5.41) is 9.93. The van der Waals surface area contributed by atoms with Crippen LogP contribution in [0.1, 0.15) is 16.1 Å². The van der Waals surface area contributed by atoms with Crippen LogP contribution >= 0.6 is 11.3 Å². The van der Waals surface area contributed by atoms with Crippen molar-refractivity contribution in [3.05, 3.63) is 64.0 Å². The fourth-order valence-corrected chi connectivity index (χ4v) is 4.65. The van der Waals surface area contributed by atoms with Crippen molar-refractivity contribution in [1.29, 1.82) is 0 Å². The molecule has 3 aromatic rings. The van der Waals surface area contributed by atoms with E-state index in [1.54, 1.807) is 0 Å². The number of alkyl halides is 3. The third kappa shape index (κ3) is 6.87. The lowest BCUT2D eigenvalue weighted by molar-refractivity contribution is -0.274. The standard InChI is InChI=1S/C21H15F3N2O6S2/c1-31-17-10-14(11-20(27)28)5-7-16(17)26-34(29,30)19-12-33-18(25-19)8-6-13-3-2-4-15(9-13)32-21(22,23)24/h2-5,7,9-10,12,26H,11H2,1H3,(H,27,28). The number of halogens is 3. The highest BCUT2D eigenvalue weighted by Gasteiger charge is 2.31. The number of nitrogens with zero attached hydrogens (tertiary/aromatic N) is 1. The summed E-state index contributed by atoms with van der Waals surface area (Å²) in [6.07, 6.45) is -5.10. The molecule has 0 bridgehead atoms.